The van der Waals surface area contributed by atoms with Crippen molar-refractivity contribution in [2.75, 3.05) is 44.2 Å². The Morgan fingerprint density at radius 3 is 1.84 bits per heavy atom. The number of alkyl halides is 6. The Morgan fingerprint density at radius 1 is 0.642 bits per heavy atom. The first-order valence-electron chi connectivity index (χ1n) is 19.8. The molecule has 0 unspecified atom stereocenters. The molecule has 0 bridgehead atoms. The number of rotatable bonds is 16. The number of aromatic nitrogens is 10. The minimum atomic E-state index is -4.76. The van der Waals surface area contributed by atoms with Crippen molar-refractivity contribution in [2.45, 2.75) is 25.9 Å². The van der Waals surface area contributed by atoms with Crippen LogP contribution in [0.15, 0.2) is 97.8 Å². The van der Waals surface area contributed by atoms with Gasteiger partial charge < -0.3 is 29.6 Å². The summed E-state index contributed by atoms with van der Waals surface area (Å²) < 4.78 is 109. The molecular weight excluding hydrogens is 895 g/mol. The van der Waals surface area contributed by atoms with Crippen LogP contribution in [0, 0.1) is 6.92 Å². The third kappa shape index (κ3) is 10.2. The Balaban J connectivity index is 0.953. The van der Waals surface area contributed by atoms with Crippen LogP contribution in [-0.2, 0) is 28.4 Å². The van der Waals surface area contributed by atoms with Gasteiger partial charge in [-0.1, -0.05) is 36.4 Å². The van der Waals surface area contributed by atoms with E-state index in [-0.39, 0.29) is 101 Å². The zero-order valence-corrected chi connectivity index (χ0v) is 35.0. The van der Waals surface area contributed by atoms with E-state index in [1.54, 1.807) is 6.92 Å². The minimum absolute atomic E-state index is 0.00462. The molecule has 6 aromatic heterocycles. The molecule has 0 aliphatic heterocycles. The third-order valence-electron chi connectivity index (χ3n) is 9.72. The van der Waals surface area contributed by atoms with Crippen LogP contribution in [-0.4, -0.2) is 94.5 Å². The van der Waals surface area contributed by atoms with Crippen molar-refractivity contribution in [3.63, 3.8) is 0 Å². The number of amides is 2. The van der Waals surface area contributed by atoms with Crippen molar-refractivity contribution in [1.82, 2.24) is 49.1 Å². The number of nitrogens with zero attached hydrogens (tertiary/aromatic N) is 10. The third-order valence-corrected chi connectivity index (χ3v) is 9.72. The van der Waals surface area contributed by atoms with E-state index in [0.29, 0.717) is 12.2 Å². The van der Waals surface area contributed by atoms with Crippen LogP contribution in [0.1, 0.15) is 43.2 Å². The molecule has 0 aliphatic carbocycles. The van der Waals surface area contributed by atoms with Crippen LogP contribution in [0.4, 0.5) is 38.0 Å². The summed E-state index contributed by atoms with van der Waals surface area (Å²) in [4.78, 5) is 51.5. The van der Waals surface area contributed by atoms with Gasteiger partial charge in [-0.2, -0.15) is 36.5 Å². The summed E-state index contributed by atoms with van der Waals surface area (Å²) in [7, 11) is 1.51. The van der Waals surface area contributed by atoms with Crippen molar-refractivity contribution >= 4 is 34.7 Å². The average Bonchev–Trinajstić information content (AvgIpc) is 3.93. The molecule has 67 heavy (non-hydrogen) atoms. The Labute approximate surface area is 374 Å². The highest BCUT2D eigenvalue weighted by molar-refractivity contribution is 6.03. The van der Waals surface area contributed by atoms with Crippen molar-refractivity contribution in [2.24, 2.45) is 0 Å². The number of halogens is 6. The molecule has 2 N–H and O–H groups in total. The molecule has 2 amide bonds. The molecule has 344 valence electrons. The number of imidazole rings is 2. The van der Waals surface area contributed by atoms with Gasteiger partial charge in [0.15, 0.2) is 22.7 Å². The van der Waals surface area contributed by atoms with Crippen molar-refractivity contribution in [3.8, 4) is 34.3 Å². The first kappa shape index (κ1) is 45.4. The van der Waals surface area contributed by atoms with E-state index in [2.05, 4.69) is 50.7 Å². The molecule has 0 aliphatic rings. The van der Waals surface area contributed by atoms with Crippen LogP contribution in [0.5, 0.6) is 11.8 Å². The Hall–Kier alpha value is -8.12. The second-order valence-corrected chi connectivity index (χ2v) is 14.2. The van der Waals surface area contributed by atoms with Crippen LogP contribution < -0.4 is 20.1 Å². The van der Waals surface area contributed by atoms with E-state index in [1.807, 2.05) is 0 Å². The molecule has 0 spiro atoms. The van der Waals surface area contributed by atoms with Gasteiger partial charge in [-0.25, -0.2) is 38.9 Å². The zero-order chi connectivity index (χ0) is 47.3. The molecule has 8 aromatic rings. The number of carbonyl (C=O) groups excluding carboxylic acids is 2. The number of fused-ring (bicyclic) bond motifs is 2. The molecule has 8 rings (SSSR count). The van der Waals surface area contributed by atoms with Crippen LogP contribution in [0.25, 0.3) is 33.8 Å². The van der Waals surface area contributed by atoms with Gasteiger partial charge in [0.25, 0.3) is 11.8 Å². The molecule has 18 nitrogen and oxygen atoms in total. The number of hydrogen-bond acceptors (Lipinski definition) is 14. The maximum absolute atomic E-state index is 14.3. The van der Waals surface area contributed by atoms with E-state index in [9.17, 15) is 35.9 Å². The van der Waals surface area contributed by atoms with Gasteiger partial charge >= 0.3 is 12.4 Å². The highest BCUT2D eigenvalue weighted by Crippen LogP contribution is 2.39. The summed E-state index contributed by atoms with van der Waals surface area (Å²) >= 11 is 0. The summed E-state index contributed by atoms with van der Waals surface area (Å²) in [5, 5.41) is 14.0. The topological polar surface area (TPSA) is 207 Å². The molecule has 6 heterocycles. The van der Waals surface area contributed by atoms with Crippen LogP contribution >= 0.6 is 0 Å². The lowest BCUT2D eigenvalue weighted by Crippen LogP contribution is -2.17. The number of nitrogens with one attached hydrogen (secondary N) is 2. The Kier molecular flexibility index (Phi) is 13.0. The SMILES string of the molecule is COCCOc1cc(NC(=O)c2cnc3cc(COCCOc4cc(NC(=O)c5cnc6c(C)cc(-c7ccccc7C(F)(F)F)nn56)ncn4)c(-c4ccccc4C(F)(F)F)nn23)ncn1. The fraction of sp³-hybridized carbons (Fsp3) is 0.209. The van der Waals surface area contributed by atoms with E-state index in [4.69, 9.17) is 18.9 Å². The maximum Gasteiger partial charge on any atom is 0.417 e. The fourth-order valence-corrected chi connectivity index (χ4v) is 6.69. The van der Waals surface area contributed by atoms with Crippen molar-refractivity contribution in [3.05, 3.63) is 131 Å². The number of carbonyl (C=O) groups is 2. The van der Waals surface area contributed by atoms with E-state index >= 15 is 0 Å². The monoisotopic (exact) mass is 928 g/mol. The van der Waals surface area contributed by atoms with Gasteiger partial charge in [0.2, 0.25) is 11.8 Å². The van der Waals surface area contributed by atoms with E-state index in [0.717, 1.165) is 27.5 Å². The second kappa shape index (κ2) is 19.2. The maximum atomic E-state index is 14.3. The number of hydrogen-bond donors (Lipinski definition) is 2. The summed E-state index contributed by atoms with van der Waals surface area (Å²) in [6.45, 7) is 1.62. The quantitative estimate of drug-likeness (QED) is 0.0729. The van der Waals surface area contributed by atoms with E-state index in [1.165, 1.54) is 86.5 Å². The van der Waals surface area contributed by atoms with Gasteiger partial charge in [0, 0.05) is 35.9 Å². The smallest absolute Gasteiger partial charge is 0.417 e. The molecule has 0 fully saturated rings. The first-order chi connectivity index (χ1) is 32.2. The van der Waals surface area contributed by atoms with Gasteiger partial charge in [-0.3, -0.25) is 9.59 Å². The van der Waals surface area contributed by atoms with Gasteiger partial charge in [0.05, 0.1) is 54.7 Å². The summed E-state index contributed by atoms with van der Waals surface area (Å²) in [6.07, 6.45) is -4.70. The Bertz CT molecular complexity index is 3110. The number of anilines is 2. The molecule has 0 saturated carbocycles. The van der Waals surface area contributed by atoms with Gasteiger partial charge in [-0.15, -0.1) is 0 Å². The zero-order valence-electron chi connectivity index (χ0n) is 35.0. The largest absolute Gasteiger partial charge is 0.475 e. The summed E-state index contributed by atoms with van der Waals surface area (Å²) in [5.74, 6) is -1.22. The highest BCUT2D eigenvalue weighted by atomic mass is 19.4. The van der Waals surface area contributed by atoms with Gasteiger partial charge in [0.1, 0.15) is 37.5 Å². The number of ether oxygens (including phenoxy) is 4. The second-order valence-electron chi connectivity index (χ2n) is 14.2. The summed E-state index contributed by atoms with van der Waals surface area (Å²) in [5.41, 5.74) is -1.67. The lowest BCUT2D eigenvalue weighted by Gasteiger charge is -2.16. The standard InChI is InChI=1S/C43H34F6N12O6/c1-24-15-30(26-7-3-5-9-28(26)42(44,45)46)58-61-32(20-51-39(24)61)41(63)57-34-18-37(55-23-53-34)67-14-12-65-21-25-16-35-50-19-31(40(62)56-33-17-36(54-22-52-33)66-13-11-64-2)60(35)59-38(25)27-8-4-6-10-29(27)43(47,48)49/h3-10,15-20,22-23H,11-14,21H2,1-2H3,(H,52,54,56,62)(H,53,55,57,63). The fourth-order valence-electron chi connectivity index (χ4n) is 6.69. The van der Waals surface area contributed by atoms with Crippen LogP contribution in [0.3, 0.4) is 0 Å². The minimum Gasteiger partial charge on any atom is -0.475 e. The molecule has 0 atom stereocenters. The normalized spacial score (nSPS) is 11.8. The number of benzene rings is 2. The Morgan fingerprint density at radius 2 is 1.21 bits per heavy atom. The average molecular weight is 929 g/mol. The predicted octanol–water partition coefficient (Wildman–Crippen LogP) is 7.16. The summed E-state index contributed by atoms with van der Waals surface area (Å²) in [6, 6.07) is 15.4. The van der Waals surface area contributed by atoms with Gasteiger partial charge in [-0.05, 0) is 36.8 Å². The molecule has 24 heteroatoms. The van der Waals surface area contributed by atoms with E-state index < -0.39 is 35.3 Å². The lowest BCUT2D eigenvalue weighted by atomic mass is 10.0. The first-order valence-corrected chi connectivity index (χ1v) is 19.8. The number of aryl methyl sites for hydroxylation is 1. The predicted molar refractivity (Wildman–Crippen MR) is 224 cm³/mol. The molecule has 0 saturated heterocycles. The lowest BCUT2D eigenvalue weighted by molar-refractivity contribution is -0.137. The molecular formula is C43H34F6N12O6. The molecule has 0 radical (unpaired) electrons. The number of methoxy groups -OCH3 is 1. The van der Waals surface area contributed by atoms with Crippen molar-refractivity contribution < 1.29 is 54.9 Å². The highest BCUT2D eigenvalue weighted by Gasteiger charge is 2.35. The molecule has 2 aromatic carbocycles. The van der Waals surface area contributed by atoms with Crippen molar-refractivity contribution in [1.29, 1.82) is 0 Å². The van der Waals surface area contributed by atoms with Crippen LogP contribution in [0.2, 0.25) is 0 Å².